The Kier molecular flexibility index (Phi) is 10.4. The molecule has 57 heavy (non-hydrogen) atoms. The molecular formula is C46H53N7O4. The first kappa shape index (κ1) is 37.3. The smallest absolute Gasteiger partial charge is 0.234 e. The van der Waals surface area contributed by atoms with Gasteiger partial charge in [-0.05, 0) is 98.2 Å². The topological polar surface area (TPSA) is 122 Å². The Morgan fingerprint density at radius 1 is 0.789 bits per heavy atom. The molecule has 9 rings (SSSR count). The van der Waals surface area contributed by atoms with Gasteiger partial charge >= 0.3 is 0 Å². The summed E-state index contributed by atoms with van der Waals surface area (Å²) in [5.74, 6) is 1.04. The van der Waals surface area contributed by atoms with Gasteiger partial charge in [0, 0.05) is 76.1 Å². The number of carbonyl (C=O) groups is 3. The number of phenolic OH excluding ortho intramolecular Hbond substituents is 1. The van der Waals surface area contributed by atoms with E-state index >= 15 is 0 Å². The molecule has 0 bridgehead atoms. The average Bonchev–Trinajstić information content (AvgIpc) is 3.68. The highest BCUT2D eigenvalue weighted by Gasteiger charge is 2.50. The van der Waals surface area contributed by atoms with Crippen molar-refractivity contribution in [1.82, 2.24) is 25.3 Å². The number of para-hydroxylation sites is 1. The number of benzene rings is 3. The highest BCUT2D eigenvalue weighted by molar-refractivity contribution is 6.01. The van der Waals surface area contributed by atoms with Crippen LogP contribution in [0.25, 0.3) is 11.3 Å². The van der Waals surface area contributed by atoms with Gasteiger partial charge in [0.05, 0.1) is 28.9 Å². The lowest BCUT2D eigenvalue weighted by molar-refractivity contribution is -0.140. The molecule has 0 radical (unpaired) electrons. The van der Waals surface area contributed by atoms with Gasteiger partial charge in [0.2, 0.25) is 17.7 Å². The predicted molar refractivity (Wildman–Crippen MR) is 220 cm³/mol. The second kappa shape index (κ2) is 15.9. The lowest BCUT2D eigenvalue weighted by Gasteiger charge is -2.46. The number of carbonyl (C=O) groups excluding carboxylic acids is 3. The normalized spacial score (nSPS) is 24.3. The number of nitrogens with zero attached hydrogens (tertiary/aromatic N) is 6. The largest absolute Gasteiger partial charge is 0.507 e. The lowest BCUT2D eigenvalue weighted by Crippen LogP contribution is -2.56. The van der Waals surface area contributed by atoms with Crippen LogP contribution in [0.3, 0.4) is 0 Å². The molecule has 0 aliphatic carbocycles. The van der Waals surface area contributed by atoms with Gasteiger partial charge in [-0.25, -0.2) is 0 Å². The summed E-state index contributed by atoms with van der Waals surface area (Å²) >= 11 is 0. The summed E-state index contributed by atoms with van der Waals surface area (Å²) < 4.78 is 0. The fourth-order valence-electron chi connectivity index (χ4n) is 10.5. The minimum atomic E-state index is -0.565. The molecule has 296 valence electrons. The Hall–Kier alpha value is -5.29. The molecule has 5 saturated heterocycles. The monoisotopic (exact) mass is 767 g/mol. The summed E-state index contributed by atoms with van der Waals surface area (Å²) in [6.07, 6.45) is 8.63. The standard InChI is InChI=1S/C46H53N7O4/c54-42-9-5-4-8-39(42)40-28-37(29-47-49-40)52-26-20-46(21-27-52,35-6-2-1-3-7-35)45(57)53-25-18-34-31-50(22-19-41(34)53)30-32-16-23-51(24-17-32)36-12-10-33(11-13-36)38-14-15-43(55)48-44(38)56/h1-13,28-29,32,34,38,41,54H,14-27,30-31H2,(H,48,55,56)/t34?,38-,41?/m1/s1. The molecule has 5 aliphatic rings. The Balaban J connectivity index is 0.802. The number of aromatic nitrogens is 2. The maximum atomic E-state index is 15.0. The maximum absolute atomic E-state index is 15.0. The van der Waals surface area contributed by atoms with Gasteiger partial charge in [0.1, 0.15) is 5.75 Å². The molecule has 5 fully saturated rings. The Labute approximate surface area is 335 Å². The van der Waals surface area contributed by atoms with E-state index in [0.717, 1.165) is 108 Å². The number of imide groups is 1. The Morgan fingerprint density at radius 2 is 1.53 bits per heavy atom. The first-order valence-electron chi connectivity index (χ1n) is 21.0. The zero-order valence-corrected chi connectivity index (χ0v) is 32.6. The molecule has 4 aromatic rings. The number of fused-ring (bicyclic) bond motifs is 1. The molecule has 0 saturated carbocycles. The number of phenols is 1. The van der Waals surface area contributed by atoms with Crippen LogP contribution >= 0.6 is 0 Å². The molecule has 0 spiro atoms. The van der Waals surface area contributed by atoms with Gasteiger partial charge < -0.3 is 24.7 Å². The molecule has 11 heteroatoms. The SMILES string of the molecule is O=C1CC[C@H](c2ccc(N3CCC(CN4CCC5C(CCN5C(=O)C5(c6ccccc6)CCN(c6cnnc(-c7ccccc7O)c6)CC5)C4)CC3)cc2)C(=O)N1. The highest BCUT2D eigenvalue weighted by Crippen LogP contribution is 2.43. The van der Waals surface area contributed by atoms with Crippen LogP contribution in [0.2, 0.25) is 0 Å². The molecule has 2 N–H and O–H groups in total. The first-order valence-corrected chi connectivity index (χ1v) is 21.0. The van der Waals surface area contributed by atoms with Crippen LogP contribution in [0.1, 0.15) is 68.4 Å². The van der Waals surface area contributed by atoms with Crippen molar-refractivity contribution in [3.63, 3.8) is 0 Å². The van der Waals surface area contributed by atoms with Crippen LogP contribution in [0, 0.1) is 11.8 Å². The molecule has 2 unspecified atom stereocenters. The summed E-state index contributed by atoms with van der Waals surface area (Å²) in [6.45, 7) is 7.57. The van der Waals surface area contributed by atoms with E-state index in [1.165, 1.54) is 5.69 Å². The Bertz CT molecular complexity index is 2080. The second-order valence-corrected chi connectivity index (χ2v) is 16.9. The molecule has 3 atom stereocenters. The van der Waals surface area contributed by atoms with Crippen molar-refractivity contribution in [2.45, 2.75) is 68.7 Å². The number of likely N-dealkylation sites (tertiary alicyclic amines) is 2. The van der Waals surface area contributed by atoms with Crippen LogP contribution < -0.4 is 15.1 Å². The number of hydrogen-bond acceptors (Lipinski definition) is 9. The van der Waals surface area contributed by atoms with Gasteiger partial charge in [0.25, 0.3) is 0 Å². The second-order valence-electron chi connectivity index (χ2n) is 16.9. The van der Waals surface area contributed by atoms with Crippen molar-refractivity contribution in [2.75, 3.05) is 62.2 Å². The van der Waals surface area contributed by atoms with E-state index in [9.17, 15) is 19.5 Å². The summed E-state index contributed by atoms with van der Waals surface area (Å²) in [5.41, 5.74) is 4.99. The number of amides is 3. The van der Waals surface area contributed by atoms with E-state index in [4.69, 9.17) is 0 Å². The number of hydrogen-bond donors (Lipinski definition) is 2. The van der Waals surface area contributed by atoms with Gasteiger partial charge in [-0.1, -0.05) is 54.6 Å². The summed E-state index contributed by atoms with van der Waals surface area (Å²) in [5, 5.41) is 21.5. The van der Waals surface area contributed by atoms with Crippen molar-refractivity contribution < 1.29 is 19.5 Å². The van der Waals surface area contributed by atoms with E-state index in [0.29, 0.717) is 47.9 Å². The van der Waals surface area contributed by atoms with Crippen molar-refractivity contribution >= 4 is 29.1 Å². The zero-order valence-electron chi connectivity index (χ0n) is 32.6. The molecule has 3 amide bonds. The van der Waals surface area contributed by atoms with Crippen LogP contribution in [-0.4, -0.2) is 101 Å². The molecule has 11 nitrogen and oxygen atoms in total. The quantitative estimate of drug-likeness (QED) is 0.216. The summed E-state index contributed by atoms with van der Waals surface area (Å²) in [6, 6.07) is 28.3. The third-order valence-corrected chi connectivity index (χ3v) is 13.7. The third-order valence-electron chi connectivity index (χ3n) is 13.7. The van der Waals surface area contributed by atoms with Crippen molar-refractivity contribution in [3.8, 4) is 17.0 Å². The first-order chi connectivity index (χ1) is 27.8. The third kappa shape index (κ3) is 7.49. The van der Waals surface area contributed by atoms with Gasteiger partial charge in [-0.2, -0.15) is 10.2 Å². The number of rotatable bonds is 8. The summed E-state index contributed by atoms with van der Waals surface area (Å²) in [7, 11) is 0. The van der Waals surface area contributed by atoms with Gasteiger partial charge in [0.15, 0.2) is 0 Å². The number of anilines is 2. The zero-order chi connectivity index (χ0) is 38.9. The van der Waals surface area contributed by atoms with E-state index in [-0.39, 0.29) is 23.5 Å². The molecular weight excluding hydrogens is 715 g/mol. The number of nitrogens with one attached hydrogen (secondary N) is 1. The minimum Gasteiger partial charge on any atom is -0.507 e. The number of piperidine rings is 4. The molecule has 5 aliphatic heterocycles. The van der Waals surface area contributed by atoms with Crippen LogP contribution in [0.15, 0.2) is 91.1 Å². The van der Waals surface area contributed by atoms with Crippen molar-refractivity contribution in [2.24, 2.45) is 11.8 Å². The lowest BCUT2D eigenvalue weighted by atomic mass is 9.71. The average molecular weight is 768 g/mol. The highest BCUT2D eigenvalue weighted by atomic mass is 16.3. The van der Waals surface area contributed by atoms with Crippen LogP contribution in [0.4, 0.5) is 11.4 Å². The fraction of sp³-hybridized carbons (Fsp3) is 0.457. The van der Waals surface area contributed by atoms with Crippen LogP contribution in [-0.2, 0) is 19.8 Å². The van der Waals surface area contributed by atoms with Gasteiger partial charge in [-0.3, -0.25) is 19.7 Å². The van der Waals surface area contributed by atoms with Crippen LogP contribution in [0.5, 0.6) is 5.75 Å². The fourth-order valence-corrected chi connectivity index (χ4v) is 10.5. The van der Waals surface area contributed by atoms with Gasteiger partial charge in [-0.15, -0.1) is 0 Å². The minimum absolute atomic E-state index is 0.178. The Morgan fingerprint density at radius 3 is 2.28 bits per heavy atom. The van der Waals surface area contributed by atoms with Crippen molar-refractivity contribution in [3.05, 3.63) is 102 Å². The van der Waals surface area contributed by atoms with E-state index in [1.54, 1.807) is 18.3 Å². The predicted octanol–water partition coefficient (Wildman–Crippen LogP) is 5.75. The maximum Gasteiger partial charge on any atom is 0.234 e. The summed E-state index contributed by atoms with van der Waals surface area (Å²) in [4.78, 5) is 48.6. The number of aromatic hydroxyl groups is 1. The molecule has 6 heterocycles. The van der Waals surface area contributed by atoms with E-state index in [2.05, 4.69) is 83.6 Å². The van der Waals surface area contributed by atoms with E-state index < -0.39 is 5.41 Å². The molecule has 1 aromatic heterocycles. The van der Waals surface area contributed by atoms with E-state index in [1.807, 2.05) is 24.3 Å². The molecule has 3 aromatic carbocycles. The van der Waals surface area contributed by atoms with Crippen molar-refractivity contribution in [1.29, 1.82) is 0 Å².